The van der Waals surface area contributed by atoms with E-state index in [0.717, 1.165) is 37.2 Å². The smallest absolute Gasteiger partial charge is 0.256 e. The van der Waals surface area contributed by atoms with Gasteiger partial charge >= 0.3 is 0 Å². The summed E-state index contributed by atoms with van der Waals surface area (Å²) in [7, 11) is 1.91. The van der Waals surface area contributed by atoms with Gasteiger partial charge in [0.15, 0.2) is 0 Å². The summed E-state index contributed by atoms with van der Waals surface area (Å²) in [4.78, 5) is 15.1. The van der Waals surface area contributed by atoms with Crippen LogP contribution in [-0.2, 0) is 7.05 Å². The molecule has 0 aromatic carbocycles. The number of aromatic nitrogens is 2. The van der Waals surface area contributed by atoms with Gasteiger partial charge in [-0.3, -0.25) is 9.48 Å². The number of hydrogen-bond acceptors (Lipinski definition) is 3. The van der Waals surface area contributed by atoms with Crippen molar-refractivity contribution in [2.75, 3.05) is 18.0 Å². The minimum absolute atomic E-state index is 0.0408. The lowest BCUT2D eigenvalue weighted by atomic mass is 9.89. The van der Waals surface area contributed by atoms with E-state index in [2.05, 4.69) is 35.2 Å². The molecule has 1 N–H and O–H groups in total. The lowest BCUT2D eigenvalue weighted by Crippen LogP contribution is -2.38. The van der Waals surface area contributed by atoms with Gasteiger partial charge in [0.05, 0.1) is 6.20 Å². The minimum atomic E-state index is 0.0408. The van der Waals surface area contributed by atoms with Crippen LogP contribution >= 0.6 is 0 Å². The zero-order valence-electron chi connectivity index (χ0n) is 15.0. The molecule has 1 heterocycles. The quantitative estimate of drug-likeness (QED) is 0.846. The Morgan fingerprint density at radius 1 is 1.38 bits per heavy atom. The first-order chi connectivity index (χ1) is 11.6. The van der Waals surface area contributed by atoms with E-state index in [0.29, 0.717) is 17.5 Å². The zero-order chi connectivity index (χ0) is 16.8. The Hall–Kier alpha value is -1.78. The lowest BCUT2D eigenvalue weighted by Gasteiger charge is -2.24. The first-order valence-electron chi connectivity index (χ1n) is 9.39. The molecule has 0 spiro atoms. The summed E-state index contributed by atoms with van der Waals surface area (Å²) >= 11 is 0. The van der Waals surface area contributed by atoms with Gasteiger partial charge in [-0.25, -0.2) is 0 Å². The van der Waals surface area contributed by atoms with Crippen molar-refractivity contribution in [3.63, 3.8) is 0 Å². The number of carbonyl (C=O) groups is 1. The Bertz CT molecular complexity index is 673. The van der Waals surface area contributed by atoms with Gasteiger partial charge in [-0.2, -0.15) is 5.10 Å². The summed E-state index contributed by atoms with van der Waals surface area (Å²) < 4.78 is 1.82. The molecule has 2 saturated carbocycles. The van der Waals surface area contributed by atoms with Crippen LogP contribution in [0.15, 0.2) is 17.8 Å². The van der Waals surface area contributed by atoms with E-state index in [1.54, 1.807) is 11.8 Å². The van der Waals surface area contributed by atoms with Gasteiger partial charge in [0.2, 0.25) is 0 Å². The molecular weight excluding hydrogens is 300 g/mol. The van der Waals surface area contributed by atoms with Gasteiger partial charge in [0.1, 0.15) is 11.4 Å². The number of anilines is 1. The molecule has 130 valence electrons. The molecule has 4 rings (SSSR count). The van der Waals surface area contributed by atoms with Gasteiger partial charge in [-0.1, -0.05) is 11.6 Å². The number of aryl methyl sites for hydroxylation is 1. The van der Waals surface area contributed by atoms with Crippen LogP contribution in [0.2, 0.25) is 0 Å². The van der Waals surface area contributed by atoms with Gasteiger partial charge < -0.3 is 10.2 Å². The number of nitrogens with one attached hydrogen (secondary N) is 1. The van der Waals surface area contributed by atoms with Crippen LogP contribution < -0.4 is 10.2 Å². The predicted molar refractivity (Wildman–Crippen MR) is 95.0 cm³/mol. The van der Waals surface area contributed by atoms with E-state index in [-0.39, 0.29) is 5.91 Å². The monoisotopic (exact) mass is 328 g/mol. The standard InChI is InChI=1S/C19H28N4O/c1-4-23(5-2)19-16(11-20-22(19)3)18(24)21-17-10-13-7-6-12-8-14(13)15(17)9-12/h7,11-12,14-15,17H,4-6,8-10H2,1-3H3,(H,21,24). The molecule has 1 aromatic heterocycles. The first kappa shape index (κ1) is 15.7. The van der Waals surface area contributed by atoms with Crippen LogP contribution in [-0.4, -0.2) is 34.8 Å². The molecule has 1 amide bonds. The van der Waals surface area contributed by atoms with Crippen molar-refractivity contribution in [2.45, 2.75) is 45.6 Å². The number of fused-ring (bicyclic) bond motifs is 1. The Morgan fingerprint density at radius 3 is 2.92 bits per heavy atom. The summed E-state index contributed by atoms with van der Waals surface area (Å²) in [5, 5.41) is 7.68. The highest BCUT2D eigenvalue weighted by atomic mass is 16.1. The Labute approximate surface area is 144 Å². The van der Waals surface area contributed by atoms with Crippen molar-refractivity contribution >= 4 is 11.7 Å². The Kier molecular flexibility index (Phi) is 3.89. The highest BCUT2D eigenvalue weighted by molar-refractivity contribution is 5.99. The van der Waals surface area contributed by atoms with Crippen LogP contribution in [0.1, 0.15) is 49.9 Å². The normalized spacial score (nSPS) is 30.4. The van der Waals surface area contributed by atoms with Gasteiger partial charge in [-0.15, -0.1) is 0 Å². The van der Waals surface area contributed by atoms with Crippen LogP contribution in [0.4, 0.5) is 5.82 Å². The van der Waals surface area contributed by atoms with Crippen molar-refractivity contribution in [3.05, 3.63) is 23.4 Å². The summed E-state index contributed by atoms with van der Waals surface area (Å²) in [5.41, 5.74) is 2.32. The summed E-state index contributed by atoms with van der Waals surface area (Å²) in [5.74, 6) is 3.22. The fraction of sp³-hybridized carbons (Fsp3) is 0.684. The highest BCUT2D eigenvalue weighted by Crippen LogP contribution is 2.54. The second-order valence-corrected chi connectivity index (χ2v) is 7.58. The van der Waals surface area contributed by atoms with Crippen LogP contribution in [0.25, 0.3) is 0 Å². The van der Waals surface area contributed by atoms with E-state index < -0.39 is 0 Å². The van der Waals surface area contributed by atoms with Gasteiger partial charge in [-0.05, 0) is 57.3 Å². The third-order valence-electron chi connectivity index (χ3n) is 6.40. The number of amides is 1. The molecule has 2 bridgehead atoms. The maximum absolute atomic E-state index is 13.0. The van der Waals surface area contributed by atoms with Crippen LogP contribution in [0, 0.1) is 17.8 Å². The summed E-state index contributed by atoms with van der Waals surface area (Å²) in [6.07, 6.45) is 9.12. The number of carbonyl (C=O) groups excluding carboxylic acids is 1. The number of nitrogens with zero attached hydrogens (tertiary/aromatic N) is 3. The van der Waals surface area contributed by atoms with Crippen LogP contribution in [0.3, 0.4) is 0 Å². The lowest BCUT2D eigenvalue weighted by molar-refractivity contribution is 0.0926. The molecule has 0 saturated heterocycles. The van der Waals surface area contributed by atoms with Crippen molar-refractivity contribution in [1.29, 1.82) is 0 Å². The van der Waals surface area contributed by atoms with Crippen LogP contribution in [0.5, 0.6) is 0 Å². The molecule has 2 fully saturated rings. The second kappa shape index (κ2) is 5.94. The minimum Gasteiger partial charge on any atom is -0.357 e. The molecule has 0 aliphatic heterocycles. The molecule has 0 radical (unpaired) electrons. The van der Waals surface area contributed by atoms with Crippen molar-refractivity contribution in [1.82, 2.24) is 15.1 Å². The highest BCUT2D eigenvalue weighted by Gasteiger charge is 2.48. The molecule has 4 atom stereocenters. The zero-order valence-corrected chi connectivity index (χ0v) is 15.0. The fourth-order valence-electron chi connectivity index (χ4n) is 5.25. The molecule has 3 aliphatic carbocycles. The average Bonchev–Trinajstić information content (AvgIpc) is 3.20. The maximum atomic E-state index is 13.0. The molecular formula is C19H28N4O. The van der Waals surface area contributed by atoms with E-state index in [9.17, 15) is 4.79 Å². The molecule has 5 nitrogen and oxygen atoms in total. The predicted octanol–water partition coefficient (Wildman–Crippen LogP) is 2.74. The van der Waals surface area contributed by atoms with Gasteiger partial charge in [0.25, 0.3) is 5.91 Å². The maximum Gasteiger partial charge on any atom is 0.256 e. The molecule has 5 heteroatoms. The SMILES string of the molecule is CCN(CC)c1c(C(=O)NC2CC3=CCC4CC3C2C4)cnn1C. The summed E-state index contributed by atoms with van der Waals surface area (Å²) in [6, 6.07) is 0.309. The number of hydrogen-bond donors (Lipinski definition) is 1. The van der Waals surface area contributed by atoms with Crippen molar-refractivity contribution in [3.8, 4) is 0 Å². The topological polar surface area (TPSA) is 50.2 Å². The molecule has 4 unspecified atom stereocenters. The summed E-state index contributed by atoms with van der Waals surface area (Å²) in [6.45, 7) is 5.97. The number of allylic oxidation sites excluding steroid dienone is 1. The first-order valence-corrected chi connectivity index (χ1v) is 9.39. The van der Waals surface area contributed by atoms with Crippen molar-refractivity contribution < 1.29 is 4.79 Å². The van der Waals surface area contributed by atoms with Gasteiger partial charge in [0, 0.05) is 26.2 Å². The third kappa shape index (κ3) is 2.36. The molecule has 24 heavy (non-hydrogen) atoms. The second-order valence-electron chi connectivity index (χ2n) is 7.58. The third-order valence-corrected chi connectivity index (χ3v) is 6.40. The van der Waals surface area contributed by atoms with E-state index in [4.69, 9.17) is 0 Å². The number of rotatable bonds is 5. The van der Waals surface area contributed by atoms with E-state index >= 15 is 0 Å². The fourth-order valence-corrected chi connectivity index (χ4v) is 5.25. The Balaban J connectivity index is 1.54. The largest absolute Gasteiger partial charge is 0.357 e. The van der Waals surface area contributed by atoms with Crippen molar-refractivity contribution in [2.24, 2.45) is 24.8 Å². The van der Waals surface area contributed by atoms with E-state index in [1.165, 1.54) is 19.3 Å². The molecule has 3 aliphatic rings. The average molecular weight is 328 g/mol. The van der Waals surface area contributed by atoms with E-state index in [1.807, 2.05) is 11.7 Å². The Morgan fingerprint density at radius 2 is 2.17 bits per heavy atom. The molecule has 1 aromatic rings.